The first-order valence-electron chi connectivity index (χ1n) is 5.09. The van der Waals surface area contributed by atoms with Crippen LogP contribution in [0.4, 0.5) is 0 Å². The van der Waals surface area contributed by atoms with E-state index in [0.717, 1.165) is 23.3 Å². The molecule has 0 atom stereocenters. The lowest BCUT2D eigenvalue weighted by molar-refractivity contribution is 0.363. The van der Waals surface area contributed by atoms with Gasteiger partial charge in [-0.3, -0.25) is 0 Å². The number of rotatable bonds is 7. The second-order valence-corrected chi connectivity index (χ2v) is 4.49. The lowest BCUT2D eigenvalue weighted by Gasteiger charge is -2.06. The van der Waals surface area contributed by atoms with Crippen LogP contribution in [0, 0.1) is 0 Å². The van der Waals surface area contributed by atoms with Crippen LogP contribution in [0.2, 0.25) is 0 Å². The van der Waals surface area contributed by atoms with Crippen LogP contribution >= 0.6 is 15.9 Å². The second kappa shape index (κ2) is 7.25. The minimum absolute atomic E-state index is 0.543. The van der Waals surface area contributed by atoms with E-state index in [2.05, 4.69) is 34.4 Å². The number of ether oxygens (including phenoxy) is 1. The fraction of sp³-hybridized carbons (Fsp3) is 0.231. The third-order valence-electron chi connectivity index (χ3n) is 1.94. The van der Waals surface area contributed by atoms with Gasteiger partial charge in [-0.25, -0.2) is 0 Å². The summed E-state index contributed by atoms with van der Waals surface area (Å²) in [6.07, 6.45) is 1.73. The molecule has 0 saturated carbocycles. The summed E-state index contributed by atoms with van der Waals surface area (Å²) >= 11 is 3.30. The van der Waals surface area contributed by atoms with Crippen molar-refractivity contribution < 1.29 is 4.74 Å². The van der Waals surface area contributed by atoms with E-state index >= 15 is 0 Å². The van der Waals surface area contributed by atoms with Crippen molar-refractivity contribution in [3.05, 3.63) is 53.5 Å². The predicted octanol–water partition coefficient (Wildman–Crippen LogP) is 3.25. The van der Waals surface area contributed by atoms with E-state index in [4.69, 9.17) is 4.74 Å². The molecule has 3 heteroatoms. The summed E-state index contributed by atoms with van der Waals surface area (Å²) < 4.78 is 6.35. The van der Waals surface area contributed by atoms with Crippen LogP contribution in [0.5, 0.6) is 5.75 Å². The number of halogens is 1. The normalized spacial score (nSPS) is 9.81. The van der Waals surface area contributed by atoms with Gasteiger partial charge in [0.1, 0.15) is 12.4 Å². The topological polar surface area (TPSA) is 21.3 Å². The zero-order valence-electron chi connectivity index (χ0n) is 9.21. The molecular formula is C13H16BrNO. The summed E-state index contributed by atoms with van der Waals surface area (Å²) in [5.74, 6) is 0.869. The highest BCUT2D eigenvalue weighted by Gasteiger charge is 1.95. The van der Waals surface area contributed by atoms with Crippen molar-refractivity contribution in [2.45, 2.75) is 6.54 Å². The quantitative estimate of drug-likeness (QED) is 0.775. The summed E-state index contributed by atoms with van der Waals surface area (Å²) in [4.78, 5) is 0. The first kappa shape index (κ1) is 13.0. The molecule has 0 heterocycles. The number of nitrogens with one attached hydrogen (secondary N) is 1. The van der Waals surface area contributed by atoms with Crippen LogP contribution < -0.4 is 10.1 Å². The standard InChI is InChI=1S/C13H16BrNO/c1-3-8-16-13-6-4-12(5-7-13)10-15-9-11(2)14/h3-7,15H,1-2,8-10H2. The molecule has 0 amide bonds. The lowest BCUT2D eigenvalue weighted by atomic mass is 10.2. The zero-order valence-corrected chi connectivity index (χ0v) is 10.8. The van der Waals surface area contributed by atoms with Gasteiger partial charge in [0.25, 0.3) is 0 Å². The minimum atomic E-state index is 0.543. The lowest BCUT2D eigenvalue weighted by Crippen LogP contribution is -2.14. The molecule has 1 N–H and O–H groups in total. The third-order valence-corrected chi connectivity index (χ3v) is 2.22. The van der Waals surface area contributed by atoms with E-state index in [9.17, 15) is 0 Å². The van der Waals surface area contributed by atoms with Gasteiger partial charge >= 0.3 is 0 Å². The Morgan fingerprint density at radius 3 is 2.62 bits per heavy atom. The molecule has 0 aromatic heterocycles. The molecule has 0 aliphatic heterocycles. The van der Waals surface area contributed by atoms with Crippen molar-refractivity contribution in [2.75, 3.05) is 13.2 Å². The largest absolute Gasteiger partial charge is 0.490 e. The maximum absolute atomic E-state index is 5.39. The van der Waals surface area contributed by atoms with Gasteiger partial charge in [-0.1, -0.05) is 47.3 Å². The minimum Gasteiger partial charge on any atom is -0.490 e. The molecule has 0 spiro atoms. The molecule has 0 bridgehead atoms. The van der Waals surface area contributed by atoms with Gasteiger partial charge in [0, 0.05) is 17.6 Å². The van der Waals surface area contributed by atoms with Crippen LogP contribution in [0.25, 0.3) is 0 Å². The monoisotopic (exact) mass is 281 g/mol. The van der Waals surface area contributed by atoms with Crippen LogP contribution in [0.15, 0.2) is 48.0 Å². The van der Waals surface area contributed by atoms with E-state index in [1.165, 1.54) is 5.56 Å². The first-order valence-corrected chi connectivity index (χ1v) is 5.88. The number of benzene rings is 1. The highest BCUT2D eigenvalue weighted by Crippen LogP contribution is 2.12. The average molecular weight is 282 g/mol. The van der Waals surface area contributed by atoms with Gasteiger partial charge in [-0.05, 0) is 17.7 Å². The Bertz CT molecular complexity index is 345. The Balaban J connectivity index is 2.38. The van der Waals surface area contributed by atoms with E-state index in [-0.39, 0.29) is 0 Å². The molecule has 0 unspecified atom stereocenters. The van der Waals surface area contributed by atoms with Gasteiger partial charge in [-0.2, -0.15) is 0 Å². The van der Waals surface area contributed by atoms with Gasteiger partial charge < -0.3 is 10.1 Å². The maximum Gasteiger partial charge on any atom is 0.119 e. The van der Waals surface area contributed by atoms with Crippen molar-refractivity contribution in [1.29, 1.82) is 0 Å². The van der Waals surface area contributed by atoms with E-state index < -0.39 is 0 Å². The number of hydrogen-bond acceptors (Lipinski definition) is 2. The van der Waals surface area contributed by atoms with Crippen molar-refractivity contribution in [3.8, 4) is 5.75 Å². The number of hydrogen-bond donors (Lipinski definition) is 1. The molecule has 0 saturated heterocycles. The summed E-state index contributed by atoms with van der Waals surface area (Å²) in [6.45, 7) is 9.50. The molecule has 0 aliphatic carbocycles. The summed E-state index contributed by atoms with van der Waals surface area (Å²) in [6, 6.07) is 8.01. The SMILES string of the molecule is C=CCOc1ccc(CNCC(=C)Br)cc1. The summed E-state index contributed by atoms with van der Waals surface area (Å²) in [5, 5.41) is 3.26. The van der Waals surface area contributed by atoms with Crippen LogP contribution in [0.3, 0.4) is 0 Å². The predicted molar refractivity (Wildman–Crippen MR) is 71.9 cm³/mol. The first-order chi connectivity index (χ1) is 7.72. The molecule has 1 aromatic rings. The van der Waals surface area contributed by atoms with Gasteiger partial charge in [-0.15, -0.1) is 0 Å². The van der Waals surface area contributed by atoms with Gasteiger partial charge in [0.15, 0.2) is 0 Å². The molecule has 16 heavy (non-hydrogen) atoms. The Morgan fingerprint density at radius 1 is 1.38 bits per heavy atom. The molecule has 0 aliphatic rings. The van der Waals surface area contributed by atoms with Crippen molar-refractivity contribution in [1.82, 2.24) is 5.32 Å². The zero-order chi connectivity index (χ0) is 11.8. The fourth-order valence-electron chi connectivity index (χ4n) is 1.20. The highest BCUT2D eigenvalue weighted by atomic mass is 79.9. The smallest absolute Gasteiger partial charge is 0.119 e. The fourth-order valence-corrected chi connectivity index (χ4v) is 1.40. The van der Waals surface area contributed by atoms with E-state index in [1.54, 1.807) is 6.08 Å². The molecule has 0 radical (unpaired) electrons. The van der Waals surface area contributed by atoms with Crippen molar-refractivity contribution in [2.24, 2.45) is 0 Å². The molecule has 0 fully saturated rings. The molecule has 2 nitrogen and oxygen atoms in total. The Labute approximate surface area is 105 Å². The van der Waals surface area contributed by atoms with Crippen molar-refractivity contribution in [3.63, 3.8) is 0 Å². The maximum atomic E-state index is 5.39. The highest BCUT2D eigenvalue weighted by molar-refractivity contribution is 9.11. The summed E-state index contributed by atoms with van der Waals surface area (Å²) in [5.41, 5.74) is 1.22. The van der Waals surface area contributed by atoms with Crippen LogP contribution in [0.1, 0.15) is 5.56 Å². The average Bonchev–Trinajstić information content (AvgIpc) is 2.27. The van der Waals surface area contributed by atoms with Gasteiger partial charge in [0.2, 0.25) is 0 Å². The van der Waals surface area contributed by atoms with Gasteiger partial charge in [0.05, 0.1) is 0 Å². The van der Waals surface area contributed by atoms with E-state index in [0.29, 0.717) is 6.61 Å². The van der Waals surface area contributed by atoms with Crippen molar-refractivity contribution >= 4 is 15.9 Å². The molecule has 86 valence electrons. The Kier molecular flexibility index (Phi) is 5.90. The Morgan fingerprint density at radius 2 is 2.06 bits per heavy atom. The molecule has 1 rings (SSSR count). The molecule has 1 aromatic carbocycles. The molecular weight excluding hydrogens is 266 g/mol. The summed E-state index contributed by atoms with van der Waals surface area (Å²) in [7, 11) is 0. The third kappa shape index (κ3) is 5.14. The Hall–Kier alpha value is -1.06. The van der Waals surface area contributed by atoms with Crippen LogP contribution in [-0.4, -0.2) is 13.2 Å². The van der Waals surface area contributed by atoms with E-state index in [1.807, 2.05) is 24.3 Å². The van der Waals surface area contributed by atoms with Crippen LogP contribution in [-0.2, 0) is 6.54 Å². The second-order valence-electron chi connectivity index (χ2n) is 3.36.